The Hall–Kier alpha value is -1.42. The molecule has 86 valence electrons. The van der Waals surface area contributed by atoms with Gasteiger partial charge < -0.3 is 5.11 Å². The van der Waals surface area contributed by atoms with Crippen LogP contribution in [0.25, 0.3) is 0 Å². The van der Waals surface area contributed by atoms with E-state index in [1.54, 1.807) is 30.6 Å². The average Bonchev–Trinajstić information content (AvgIpc) is 2.81. The summed E-state index contributed by atoms with van der Waals surface area (Å²) in [4.78, 5) is 0.843. The Balaban J connectivity index is 2.39. The molecule has 0 spiro atoms. The molecule has 0 amide bonds. The average molecular weight is 263 g/mol. The van der Waals surface area contributed by atoms with Crippen LogP contribution < -0.4 is 0 Å². The Morgan fingerprint density at radius 1 is 1.53 bits per heavy atom. The number of hydrogen-bond donors (Lipinski definition) is 1. The molecule has 0 bridgehead atoms. The fourth-order valence-corrected chi connectivity index (χ4v) is 3.03. The lowest BCUT2D eigenvalue weighted by Crippen LogP contribution is -1.94. The Labute approximate surface area is 107 Å². The van der Waals surface area contributed by atoms with Gasteiger partial charge in [-0.05, 0) is 24.6 Å². The van der Waals surface area contributed by atoms with Gasteiger partial charge >= 0.3 is 0 Å². The third kappa shape index (κ3) is 2.82. The van der Waals surface area contributed by atoms with Gasteiger partial charge in [-0.1, -0.05) is 29.2 Å². The molecular weight excluding hydrogens is 254 g/mol. The Kier molecular flexibility index (Phi) is 3.74. The van der Waals surface area contributed by atoms with Crippen LogP contribution in [0.3, 0.4) is 0 Å². The minimum Gasteiger partial charge on any atom is -0.389 e. The Morgan fingerprint density at radius 2 is 2.35 bits per heavy atom. The number of aromatic nitrogens is 2. The first-order valence-electron chi connectivity index (χ1n) is 4.87. The van der Waals surface area contributed by atoms with Crippen molar-refractivity contribution in [1.29, 1.82) is 5.26 Å². The zero-order chi connectivity index (χ0) is 12.3. The SMILES string of the molecule is C[C@@H](O)c1ccc(C#N)cc1Sc1nncs1. The van der Waals surface area contributed by atoms with Crippen LogP contribution in [-0.4, -0.2) is 15.3 Å². The van der Waals surface area contributed by atoms with Crippen molar-refractivity contribution in [3.8, 4) is 6.07 Å². The minimum absolute atomic E-state index is 0.571. The van der Waals surface area contributed by atoms with E-state index in [-0.39, 0.29) is 0 Å². The topological polar surface area (TPSA) is 69.8 Å². The smallest absolute Gasteiger partial charge is 0.178 e. The zero-order valence-corrected chi connectivity index (χ0v) is 10.6. The summed E-state index contributed by atoms with van der Waals surface area (Å²) in [6, 6.07) is 7.31. The lowest BCUT2D eigenvalue weighted by molar-refractivity contribution is 0.196. The standard InChI is InChI=1S/C11H9N3OS2/c1-7(15)9-3-2-8(5-12)4-10(9)17-11-14-13-6-16-11/h2-4,6-7,15H,1H3/t7-/m1/s1. The van der Waals surface area contributed by atoms with Crippen LogP contribution in [0, 0.1) is 11.3 Å². The summed E-state index contributed by atoms with van der Waals surface area (Å²) in [6.07, 6.45) is -0.571. The monoisotopic (exact) mass is 263 g/mol. The summed E-state index contributed by atoms with van der Waals surface area (Å²) in [5.74, 6) is 0. The van der Waals surface area contributed by atoms with Gasteiger partial charge in [0.2, 0.25) is 0 Å². The molecule has 1 atom stereocenters. The highest BCUT2D eigenvalue weighted by molar-refractivity contribution is 8.01. The quantitative estimate of drug-likeness (QED) is 0.921. The molecule has 0 saturated carbocycles. The number of hydrogen-bond acceptors (Lipinski definition) is 6. The predicted molar refractivity (Wildman–Crippen MR) is 65.8 cm³/mol. The summed E-state index contributed by atoms with van der Waals surface area (Å²) in [6.45, 7) is 1.70. The van der Waals surface area contributed by atoms with Crippen molar-refractivity contribution in [2.75, 3.05) is 0 Å². The maximum absolute atomic E-state index is 9.67. The van der Waals surface area contributed by atoms with Crippen LogP contribution >= 0.6 is 23.1 Å². The molecule has 6 heteroatoms. The van der Waals surface area contributed by atoms with Crippen LogP contribution in [0.1, 0.15) is 24.2 Å². The highest BCUT2D eigenvalue weighted by atomic mass is 32.2. The first-order chi connectivity index (χ1) is 8.20. The molecule has 2 aromatic rings. The molecule has 0 fully saturated rings. The normalized spacial score (nSPS) is 12.1. The van der Waals surface area contributed by atoms with E-state index in [0.717, 1.165) is 14.8 Å². The van der Waals surface area contributed by atoms with E-state index in [2.05, 4.69) is 16.3 Å². The highest BCUT2D eigenvalue weighted by Crippen LogP contribution is 2.34. The van der Waals surface area contributed by atoms with E-state index in [9.17, 15) is 5.11 Å². The van der Waals surface area contributed by atoms with Gasteiger partial charge in [0.15, 0.2) is 4.34 Å². The minimum atomic E-state index is -0.571. The number of aliphatic hydroxyl groups is 1. The van der Waals surface area contributed by atoms with Crippen LogP contribution in [0.15, 0.2) is 32.9 Å². The van der Waals surface area contributed by atoms with E-state index in [1.807, 2.05) is 0 Å². The molecule has 2 rings (SSSR count). The zero-order valence-electron chi connectivity index (χ0n) is 8.99. The molecule has 1 heterocycles. The molecule has 0 unspecified atom stereocenters. The maximum atomic E-state index is 9.67. The van der Waals surface area contributed by atoms with Crippen LogP contribution in [0.5, 0.6) is 0 Å². The fourth-order valence-electron chi connectivity index (χ4n) is 1.34. The van der Waals surface area contributed by atoms with Gasteiger partial charge in [0, 0.05) is 4.90 Å². The number of nitriles is 1. The summed E-state index contributed by atoms with van der Waals surface area (Å²) in [5.41, 5.74) is 3.02. The first kappa shape index (κ1) is 12.0. The van der Waals surface area contributed by atoms with E-state index < -0.39 is 6.10 Å². The number of nitrogens with zero attached hydrogens (tertiary/aromatic N) is 3. The van der Waals surface area contributed by atoms with E-state index >= 15 is 0 Å². The second-order valence-corrected chi connectivity index (χ2v) is 5.47. The molecule has 0 aliphatic heterocycles. The van der Waals surface area contributed by atoms with Crippen molar-refractivity contribution in [2.45, 2.75) is 22.3 Å². The highest BCUT2D eigenvalue weighted by Gasteiger charge is 2.11. The Morgan fingerprint density at radius 3 is 2.94 bits per heavy atom. The van der Waals surface area contributed by atoms with E-state index in [4.69, 9.17) is 5.26 Å². The summed E-state index contributed by atoms with van der Waals surface area (Å²) >= 11 is 2.84. The van der Waals surface area contributed by atoms with Crippen molar-refractivity contribution in [1.82, 2.24) is 10.2 Å². The van der Waals surface area contributed by atoms with Crippen molar-refractivity contribution in [3.63, 3.8) is 0 Å². The van der Waals surface area contributed by atoms with Crippen LogP contribution in [0.4, 0.5) is 0 Å². The number of rotatable bonds is 3. The maximum Gasteiger partial charge on any atom is 0.178 e. The molecule has 0 aliphatic rings. The molecule has 17 heavy (non-hydrogen) atoms. The summed E-state index contributed by atoms with van der Waals surface area (Å²) in [5, 5.41) is 26.2. The second kappa shape index (κ2) is 5.27. The van der Waals surface area contributed by atoms with Gasteiger partial charge in [0.05, 0.1) is 17.7 Å². The van der Waals surface area contributed by atoms with Crippen LogP contribution in [-0.2, 0) is 0 Å². The third-order valence-corrected chi connectivity index (χ3v) is 3.98. The molecule has 1 aromatic heterocycles. The van der Waals surface area contributed by atoms with E-state index in [0.29, 0.717) is 5.56 Å². The molecule has 0 aliphatic carbocycles. The first-order valence-corrected chi connectivity index (χ1v) is 6.56. The predicted octanol–water partition coefficient (Wildman–Crippen LogP) is 2.61. The number of benzene rings is 1. The Bertz CT molecular complexity index is 546. The molecule has 0 saturated heterocycles. The second-order valence-electron chi connectivity index (χ2n) is 3.35. The van der Waals surface area contributed by atoms with Gasteiger partial charge in [0.25, 0.3) is 0 Å². The van der Waals surface area contributed by atoms with Crippen molar-refractivity contribution in [2.24, 2.45) is 0 Å². The molecule has 1 N–H and O–H groups in total. The lowest BCUT2D eigenvalue weighted by Gasteiger charge is -2.10. The van der Waals surface area contributed by atoms with Crippen molar-refractivity contribution >= 4 is 23.1 Å². The third-order valence-electron chi connectivity index (χ3n) is 2.13. The van der Waals surface area contributed by atoms with Gasteiger partial charge in [0.1, 0.15) is 5.51 Å². The largest absolute Gasteiger partial charge is 0.389 e. The molecule has 1 aromatic carbocycles. The van der Waals surface area contributed by atoms with E-state index in [1.165, 1.54) is 23.1 Å². The van der Waals surface area contributed by atoms with Gasteiger partial charge in [-0.3, -0.25) is 0 Å². The summed E-state index contributed by atoms with van der Waals surface area (Å²) < 4.78 is 0.794. The summed E-state index contributed by atoms with van der Waals surface area (Å²) in [7, 11) is 0. The molecular formula is C11H9N3OS2. The fraction of sp³-hybridized carbons (Fsp3) is 0.182. The van der Waals surface area contributed by atoms with Gasteiger partial charge in [-0.25, -0.2) is 0 Å². The molecule has 0 radical (unpaired) electrons. The van der Waals surface area contributed by atoms with Crippen molar-refractivity contribution < 1.29 is 5.11 Å². The van der Waals surface area contributed by atoms with Crippen molar-refractivity contribution in [3.05, 3.63) is 34.8 Å². The number of aliphatic hydroxyl groups excluding tert-OH is 1. The molecule has 4 nitrogen and oxygen atoms in total. The van der Waals surface area contributed by atoms with Gasteiger partial charge in [-0.2, -0.15) is 5.26 Å². The van der Waals surface area contributed by atoms with Crippen LogP contribution in [0.2, 0.25) is 0 Å². The van der Waals surface area contributed by atoms with Gasteiger partial charge in [-0.15, -0.1) is 10.2 Å². The lowest BCUT2D eigenvalue weighted by atomic mass is 10.1.